The Morgan fingerprint density at radius 3 is 2.53 bits per heavy atom. The smallest absolute Gasteiger partial charge is 0.336 e. The molecule has 0 fully saturated rings. The molecule has 0 heterocycles. The molecule has 7 nitrogen and oxygen atoms in total. The average molecular weight is 237 g/mol. The molecule has 0 aliphatic heterocycles. The SMILES string of the molecule is O=C(O)/C=C/C(=O)Oc1ccccc1[N+](=O)[O-]. The summed E-state index contributed by atoms with van der Waals surface area (Å²) in [5.41, 5.74) is -0.371. The maximum absolute atomic E-state index is 11.1. The van der Waals surface area contributed by atoms with Gasteiger partial charge in [0.15, 0.2) is 0 Å². The van der Waals surface area contributed by atoms with Gasteiger partial charge in [0.1, 0.15) is 0 Å². The topological polar surface area (TPSA) is 107 Å². The Hall–Kier alpha value is -2.70. The average Bonchev–Trinajstić information content (AvgIpc) is 2.27. The number of nitro groups is 1. The van der Waals surface area contributed by atoms with Crippen molar-refractivity contribution in [3.63, 3.8) is 0 Å². The van der Waals surface area contributed by atoms with Crippen LogP contribution < -0.4 is 4.74 Å². The second-order valence-corrected chi connectivity index (χ2v) is 2.82. The summed E-state index contributed by atoms with van der Waals surface area (Å²) in [5, 5.41) is 18.8. The van der Waals surface area contributed by atoms with Crippen molar-refractivity contribution in [2.24, 2.45) is 0 Å². The van der Waals surface area contributed by atoms with Crippen molar-refractivity contribution in [2.45, 2.75) is 0 Å². The summed E-state index contributed by atoms with van der Waals surface area (Å²) in [4.78, 5) is 31.1. The number of para-hydroxylation sites is 2. The number of benzene rings is 1. The van der Waals surface area contributed by atoms with Crippen molar-refractivity contribution < 1.29 is 24.4 Å². The predicted octanol–water partition coefficient (Wildman–Crippen LogP) is 1.14. The molecule has 7 heteroatoms. The summed E-state index contributed by atoms with van der Waals surface area (Å²) in [6, 6.07) is 5.28. The molecular weight excluding hydrogens is 230 g/mol. The minimum atomic E-state index is -1.32. The van der Waals surface area contributed by atoms with Crippen LogP contribution in [0.4, 0.5) is 5.69 Å². The summed E-state index contributed by atoms with van der Waals surface area (Å²) >= 11 is 0. The van der Waals surface area contributed by atoms with Crippen LogP contribution in [0.2, 0.25) is 0 Å². The molecule has 0 spiro atoms. The first-order chi connectivity index (χ1) is 8.00. The van der Waals surface area contributed by atoms with E-state index in [2.05, 4.69) is 4.74 Å². The molecule has 0 unspecified atom stereocenters. The number of hydrogen-bond donors (Lipinski definition) is 1. The highest BCUT2D eigenvalue weighted by Crippen LogP contribution is 2.25. The lowest BCUT2D eigenvalue weighted by atomic mass is 10.3. The fourth-order valence-electron chi connectivity index (χ4n) is 0.976. The van der Waals surface area contributed by atoms with Gasteiger partial charge in [-0.05, 0) is 6.07 Å². The van der Waals surface area contributed by atoms with Gasteiger partial charge >= 0.3 is 17.6 Å². The lowest BCUT2D eigenvalue weighted by molar-refractivity contribution is -0.385. The zero-order valence-corrected chi connectivity index (χ0v) is 8.40. The normalized spacial score (nSPS) is 10.1. The van der Waals surface area contributed by atoms with E-state index in [0.717, 1.165) is 0 Å². The molecule has 1 rings (SSSR count). The molecule has 1 N–H and O–H groups in total. The molecule has 0 radical (unpaired) electrons. The summed E-state index contributed by atoms with van der Waals surface area (Å²) < 4.78 is 4.63. The van der Waals surface area contributed by atoms with Crippen LogP contribution in [0.3, 0.4) is 0 Å². The highest BCUT2D eigenvalue weighted by atomic mass is 16.6. The maximum atomic E-state index is 11.1. The number of esters is 1. The van der Waals surface area contributed by atoms with Gasteiger partial charge in [0.05, 0.1) is 4.92 Å². The van der Waals surface area contributed by atoms with Crippen LogP contribution in [0.15, 0.2) is 36.4 Å². The lowest BCUT2D eigenvalue weighted by Crippen LogP contribution is -2.06. The molecule has 0 amide bonds. The van der Waals surface area contributed by atoms with Gasteiger partial charge in [-0.3, -0.25) is 10.1 Å². The third-order valence-corrected chi connectivity index (χ3v) is 1.63. The van der Waals surface area contributed by atoms with Gasteiger partial charge in [-0.1, -0.05) is 12.1 Å². The summed E-state index contributed by atoms with van der Waals surface area (Å²) in [6.45, 7) is 0. The minimum absolute atomic E-state index is 0.238. The number of nitro benzene ring substituents is 1. The van der Waals surface area contributed by atoms with E-state index in [1.54, 1.807) is 0 Å². The molecule has 0 saturated carbocycles. The molecule has 0 aromatic heterocycles. The largest absolute Gasteiger partial charge is 0.478 e. The second-order valence-electron chi connectivity index (χ2n) is 2.82. The third-order valence-electron chi connectivity index (χ3n) is 1.63. The van der Waals surface area contributed by atoms with E-state index in [4.69, 9.17) is 5.11 Å². The maximum Gasteiger partial charge on any atom is 0.336 e. The van der Waals surface area contributed by atoms with Crippen LogP contribution in [0.1, 0.15) is 0 Å². The van der Waals surface area contributed by atoms with Crippen molar-refractivity contribution in [1.29, 1.82) is 0 Å². The Bertz CT molecular complexity index is 493. The molecular formula is C10H7NO6. The van der Waals surface area contributed by atoms with Crippen LogP contribution in [-0.2, 0) is 9.59 Å². The molecule has 0 bridgehead atoms. The molecule has 0 aliphatic rings. The fraction of sp³-hybridized carbons (Fsp3) is 0. The van der Waals surface area contributed by atoms with E-state index in [1.165, 1.54) is 24.3 Å². The number of rotatable bonds is 4. The third kappa shape index (κ3) is 3.74. The number of carboxylic acids is 1. The molecule has 1 aromatic carbocycles. The van der Waals surface area contributed by atoms with Crippen LogP contribution in [0.5, 0.6) is 5.75 Å². The number of aliphatic carboxylic acids is 1. The zero-order chi connectivity index (χ0) is 12.8. The summed E-state index contributed by atoms with van der Waals surface area (Å²) in [6.07, 6.45) is 1.25. The minimum Gasteiger partial charge on any atom is -0.478 e. The van der Waals surface area contributed by atoms with E-state index >= 15 is 0 Å². The molecule has 0 saturated heterocycles. The number of carboxylic acid groups (broad SMARTS) is 1. The van der Waals surface area contributed by atoms with Gasteiger partial charge in [0, 0.05) is 18.2 Å². The summed E-state index contributed by atoms with van der Waals surface area (Å²) in [5.74, 6) is -2.55. The van der Waals surface area contributed by atoms with E-state index in [0.29, 0.717) is 12.2 Å². The Balaban J connectivity index is 2.85. The van der Waals surface area contributed by atoms with Gasteiger partial charge < -0.3 is 9.84 Å². The number of hydrogen-bond acceptors (Lipinski definition) is 5. The number of carbonyl (C=O) groups excluding carboxylic acids is 1. The van der Waals surface area contributed by atoms with Gasteiger partial charge in [0.2, 0.25) is 5.75 Å². The van der Waals surface area contributed by atoms with Crippen LogP contribution >= 0.6 is 0 Å². The number of nitrogens with zero attached hydrogens (tertiary/aromatic N) is 1. The highest BCUT2D eigenvalue weighted by Gasteiger charge is 2.15. The standard InChI is InChI=1S/C10H7NO6/c12-9(13)5-6-10(14)17-8-4-2-1-3-7(8)11(15)16/h1-6H,(H,12,13)/b6-5+. The molecule has 0 aliphatic carbocycles. The van der Waals surface area contributed by atoms with Crippen LogP contribution in [-0.4, -0.2) is 22.0 Å². The lowest BCUT2D eigenvalue weighted by Gasteiger charge is -2.01. The van der Waals surface area contributed by atoms with Gasteiger partial charge in [-0.25, -0.2) is 9.59 Å². The van der Waals surface area contributed by atoms with E-state index in [1.807, 2.05) is 0 Å². The Morgan fingerprint density at radius 1 is 1.29 bits per heavy atom. The van der Waals surface area contributed by atoms with Crippen molar-refractivity contribution in [1.82, 2.24) is 0 Å². The quantitative estimate of drug-likeness (QED) is 0.276. The highest BCUT2D eigenvalue weighted by molar-refractivity contribution is 5.92. The van der Waals surface area contributed by atoms with E-state index < -0.39 is 16.9 Å². The van der Waals surface area contributed by atoms with Crippen molar-refractivity contribution >= 4 is 17.6 Å². The molecule has 17 heavy (non-hydrogen) atoms. The molecule has 0 atom stereocenters. The zero-order valence-electron chi connectivity index (χ0n) is 8.40. The number of ether oxygens (including phenoxy) is 1. The molecule has 1 aromatic rings. The van der Waals surface area contributed by atoms with Crippen molar-refractivity contribution in [3.05, 3.63) is 46.5 Å². The molecule has 88 valence electrons. The first-order valence-corrected chi connectivity index (χ1v) is 4.37. The second kappa shape index (κ2) is 5.40. The van der Waals surface area contributed by atoms with E-state index in [-0.39, 0.29) is 11.4 Å². The Labute approximate surface area is 95.1 Å². The van der Waals surface area contributed by atoms with Gasteiger partial charge in [-0.2, -0.15) is 0 Å². The first kappa shape index (κ1) is 12.4. The van der Waals surface area contributed by atoms with Crippen molar-refractivity contribution in [3.8, 4) is 5.75 Å². The fourth-order valence-corrected chi connectivity index (χ4v) is 0.976. The van der Waals surface area contributed by atoms with Crippen LogP contribution in [0, 0.1) is 10.1 Å². The van der Waals surface area contributed by atoms with Gasteiger partial charge in [-0.15, -0.1) is 0 Å². The monoisotopic (exact) mass is 237 g/mol. The first-order valence-electron chi connectivity index (χ1n) is 4.37. The van der Waals surface area contributed by atoms with E-state index in [9.17, 15) is 19.7 Å². The van der Waals surface area contributed by atoms with Crippen LogP contribution in [0.25, 0.3) is 0 Å². The predicted molar refractivity (Wildman–Crippen MR) is 55.5 cm³/mol. The summed E-state index contributed by atoms with van der Waals surface area (Å²) in [7, 11) is 0. The Kier molecular flexibility index (Phi) is 3.93. The number of carbonyl (C=O) groups is 2. The van der Waals surface area contributed by atoms with Gasteiger partial charge in [0.25, 0.3) is 0 Å². The van der Waals surface area contributed by atoms with Crippen molar-refractivity contribution in [2.75, 3.05) is 0 Å². The Morgan fingerprint density at radius 2 is 1.94 bits per heavy atom.